The van der Waals surface area contributed by atoms with Crippen molar-refractivity contribution in [2.45, 2.75) is 49.6 Å². The highest BCUT2D eigenvalue weighted by Crippen LogP contribution is 2.49. The molecule has 4 atom stereocenters. The molecular formula is C27H30F3N3O3. The molecule has 0 unspecified atom stereocenters. The molecule has 5 rings (SSSR count). The molecule has 192 valence electrons. The predicted octanol–water partition coefficient (Wildman–Crippen LogP) is 4.77. The van der Waals surface area contributed by atoms with E-state index in [0.717, 1.165) is 46.3 Å². The molecule has 0 amide bonds. The number of hydrogen-bond acceptors (Lipinski definition) is 5. The van der Waals surface area contributed by atoms with Gasteiger partial charge in [-0.3, -0.25) is 9.69 Å². The average Bonchev–Trinajstić information content (AvgIpc) is 3.26. The number of nitrogens with zero attached hydrogens (tertiary/aromatic N) is 1. The summed E-state index contributed by atoms with van der Waals surface area (Å²) in [6.07, 6.45) is -2.54. The van der Waals surface area contributed by atoms with Crippen LogP contribution in [0.4, 0.5) is 13.2 Å². The van der Waals surface area contributed by atoms with E-state index < -0.39 is 17.8 Å². The number of fused-ring (bicyclic) bond motifs is 5. The number of benzene rings is 2. The van der Waals surface area contributed by atoms with E-state index in [0.29, 0.717) is 26.0 Å². The van der Waals surface area contributed by atoms with Gasteiger partial charge in [0.1, 0.15) is 6.04 Å². The van der Waals surface area contributed by atoms with Crippen LogP contribution in [0.3, 0.4) is 0 Å². The van der Waals surface area contributed by atoms with Crippen molar-refractivity contribution in [2.75, 3.05) is 27.4 Å². The van der Waals surface area contributed by atoms with Gasteiger partial charge in [0, 0.05) is 48.8 Å². The lowest BCUT2D eigenvalue weighted by Gasteiger charge is -2.50. The van der Waals surface area contributed by atoms with E-state index in [9.17, 15) is 18.0 Å². The van der Waals surface area contributed by atoms with Crippen molar-refractivity contribution >= 4 is 16.9 Å². The minimum atomic E-state index is -4.41. The number of aromatic nitrogens is 1. The molecule has 1 fully saturated rings. The Morgan fingerprint density at radius 3 is 2.50 bits per heavy atom. The van der Waals surface area contributed by atoms with Crippen LogP contribution in [0.5, 0.6) is 0 Å². The Morgan fingerprint density at radius 2 is 1.81 bits per heavy atom. The quantitative estimate of drug-likeness (QED) is 0.376. The van der Waals surface area contributed by atoms with Crippen LogP contribution in [-0.4, -0.2) is 55.3 Å². The Balaban J connectivity index is 1.59. The highest BCUT2D eigenvalue weighted by Gasteiger charge is 2.48. The van der Waals surface area contributed by atoms with Gasteiger partial charge in [-0.15, -0.1) is 0 Å². The average molecular weight is 502 g/mol. The van der Waals surface area contributed by atoms with Crippen molar-refractivity contribution in [3.05, 3.63) is 70.9 Å². The number of rotatable bonds is 6. The maximum atomic E-state index is 13.2. The normalized spacial score (nSPS) is 24.4. The Labute approximate surface area is 207 Å². The fraction of sp³-hybridized carbons (Fsp3) is 0.444. The first-order chi connectivity index (χ1) is 17.3. The number of nitrogens with one attached hydrogen (secondary N) is 2. The summed E-state index contributed by atoms with van der Waals surface area (Å²) in [5, 5.41) is 4.64. The third kappa shape index (κ3) is 4.51. The Hall–Kier alpha value is -2.88. The van der Waals surface area contributed by atoms with Gasteiger partial charge in [-0.1, -0.05) is 30.3 Å². The number of carbonyl (C=O) groups is 1. The molecule has 6 nitrogen and oxygen atoms in total. The third-order valence-corrected chi connectivity index (χ3v) is 7.51. The van der Waals surface area contributed by atoms with Gasteiger partial charge in [0.2, 0.25) is 0 Å². The van der Waals surface area contributed by atoms with Crippen LogP contribution >= 0.6 is 0 Å². The van der Waals surface area contributed by atoms with Gasteiger partial charge < -0.3 is 19.8 Å². The van der Waals surface area contributed by atoms with Crippen molar-refractivity contribution in [3.63, 3.8) is 0 Å². The number of aromatic amines is 1. The topological polar surface area (TPSA) is 66.6 Å². The second kappa shape index (κ2) is 9.88. The minimum absolute atomic E-state index is 0.0874. The van der Waals surface area contributed by atoms with Gasteiger partial charge in [-0.25, -0.2) is 0 Å². The monoisotopic (exact) mass is 501 g/mol. The Bertz CT molecular complexity index is 1220. The number of carbonyl (C=O) groups excluding carboxylic acids is 1. The molecule has 0 spiro atoms. The number of alkyl halides is 3. The molecule has 0 bridgehead atoms. The second-order valence-electron chi connectivity index (χ2n) is 9.52. The van der Waals surface area contributed by atoms with E-state index in [1.54, 1.807) is 7.11 Å². The Morgan fingerprint density at radius 1 is 1.08 bits per heavy atom. The number of para-hydroxylation sites is 1. The van der Waals surface area contributed by atoms with E-state index in [2.05, 4.69) is 21.3 Å². The van der Waals surface area contributed by atoms with Crippen molar-refractivity contribution in [2.24, 2.45) is 0 Å². The van der Waals surface area contributed by atoms with Crippen molar-refractivity contribution in [1.29, 1.82) is 0 Å². The molecule has 2 aromatic carbocycles. The highest BCUT2D eigenvalue weighted by atomic mass is 19.4. The zero-order chi connectivity index (χ0) is 25.4. The summed E-state index contributed by atoms with van der Waals surface area (Å²) in [6, 6.07) is 12.5. The molecular weight excluding hydrogens is 471 g/mol. The highest BCUT2D eigenvalue weighted by molar-refractivity contribution is 5.87. The summed E-state index contributed by atoms with van der Waals surface area (Å²) in [5.41, 5.74) is 3.24. The van der Waals surface area contributed by atoms with Crippen LogP contribution in [-0.2, 0) is 26.9 Å². The molecule has 1 saturated heterocycles. The number of H-pyrrole nitrogens is 1. The first kappa shape index (κ1) is 24.8. The van der Waals surface area contributed by atoms with Gasteiger partial charge in [0.05, 0.1) is 25.3 Å². The van der Waals surface area contributed by atoms with E-state index in [-0.39, 0.29) is 24.1 Å². The fourth-order valence-corrected chi connectivity index (χ4v) is 5.90. The van der Waals surface area contributed by atoms with Crippen molar-refractivity contribution < 1.29 is 27.4 Å². The zero-order valence-corrected chi connectivity index (χ0v) is 20.3. The van der Waals surface area contributed by atoms with E-state index in [1.165, 1.54) is 19.2 Å². The first-order valence-corrected chi connectivity index (χ1v) is 12.2. The number of halogens is 3. The van der Waals surface area contributed by atoms with Crippen molar-refractivity contribution in [3.8, 4) is 0 Å². The summed E-state index contributed by atoms with van der Waals surface area (Å²) >= 11 is 0. The van der Waals surface area contributed by atoms with Gasteiger partial charge in [-0.05, 0) is 42.2 Å². The SMILES string of the molecule is COCCN[C@@H]1C[C@@H]2c3[nH]c4ccccc4c3C[C@@H](C(=O)OC)N2[C@H](c2ccc(C(F)(F)F)cc2)C1. The number of hydrogen-bond donors (Lipinski definition) is 2. The summed E-state index contributed by atoms with van der Waals surface area (Å²) in [5.74, 6) is -0.335. The predicted molar refractivity (Wildman–Crippen MR) is 129 cm³/mol. The van der Waals surface area contributed by atoms with Crippen LogP contribution in [0.1, 0.15) is 47.3 Å². The maximum Gasteiger partial charge on any atom is 0.416 e. The third-order valence-electron chi connectivity index (χ3n) is 7.51. The number of piperidine rings is 1. The zero-order valence-electron chi connectivity index (χ0n) is 20.3. The van der Waals surface area contributed by atoms with Gasteiger partial charge in [0.25, 0.3) is 0 Å². The molecule has 2 N–H and O–H groups in total. The smallest absolute Gasteiger partial charge is 0.416 e. The maximum absolute atomic E-state index is 13.2. The molecule has 2 aliphatic rings. The summed E-state index contributed by atoms with van der Waals surface area (Å²) in [6.45, 7) is 1.21. The number of esters is 1. The van der Waals surface area contributed by atoms with Gasteiger partial charge in [-0.2, -0.15) is 13.2 Å². The lowest BCUT2D eigenvalue weighted by Crippen LogP contribution is -2.55. The van der Waals surface area contributed by atoms with Gasteiger partial charge >= 0.3 is 12.1 Å². The molecule has 3 aromatic rings. The molecule has 0 aliphatic carbocycles. The molecule has 0 saturated carbocycles. The van der Waals surface area contributed by atoms with Crippen molar-refractivity contribution in [1.82, 2.24) is 15.2 Å². The molecule has 2 aliphatic heterocycles. The van der Waals surface area contributed by atoms with Crippen LogP contribution in [0.2, 0.25) is 0 Å². The summed E-state index contributed by atoms with van der Waals surface area (Å²) in [7, 11) is 3.03. The minimum Gasteiger partial charge on any atom is -0.468 e. The number of methoxy groups -OCH3 is 2. The lowest BCUT2D eigenvalue weighted by atomic mass is 9.79. The first-order valence-electron chi connectivity index (χ1n) is 12.2. The van der Waals surface area contributed by atoms with Gasteiger partial charge in [0.15, 0.2) is 0 Å². The Kier molecular flexibility index (Phi) is 6.80. The molecule has 3 heterocycles. The summed E-state index contributed by atoms with van der Waals surface area (Å²) in [4.78, 5) is 18.8. The largest absolute Gasteiger partial charge is 0.468 e. The summed E-state index contributed by atoms with van der Waals surface area (Å²) < 4.78 is 50.2. The van der Waals surface area contributed by atoms with Crippen LogP contribution in [0.15, 0.2) is 48.5 Å². The van der Waals surface area contributed by atoms with E-state index in [4.69, 9.17) is 9.47 Å². The molecule has 1 aromatic heterocycles. The molecule has 0 radical (unpaired) electrons. The lowest BCUT2D eigenvalue weighted by molar-refractivity contribution is -0.152. The standard InChI is InChI=1S/C27H30F3N3O3/c1-35-12-11-31-18-13-22(16-7-9-17(10-8-16)27(28,29)30)33-23(14-18)25-20(15-24(33)26(34)36-2)19-5-3-4-6-21(19)32-25/h3-10,18,22-24,31-32H,11-15H2,1-2H3/t18-,22-,23+,24-/m0/s1. The van der Waals surface area contributed by atoms with E-state index in [1.807, 2.05) is 18.2 Å². The second-order valence-corrected chi connectivity index (χ2v) is 9.52. The molecule has 36 heavy (non-hydrogen) atoms. The number of ether oxygens (including phenoxy) is 2. The van der Waals surface area contributed by atoms with Crippen LogP contribution in [0, 0.1) is 0 Å². The fourth-order valence-electron chi connectivity index (χ4n) is 5.90. The van der Waals surface area contributed by atoms with Crippen LogP contribution < -0.4 is 5.32 Å². The van der Waals surface area contributed by atoms with Crippen LogP contribution in [0.25, 0.3) is 10.9 Å². The molecule has 9 heteroatoms. The van der Waals surface area contributed by atoms with E-state index >= 15 is 0 Å².